The van der Waals surface area contributed by atoms with Crippen LogP contribution in [0.3, 0.4) is 0 Å². The van der Waals surface area contributed by atoms with E-state index >= 15 is 0 Å². The number of hydrogen-bond donors (Lipinski definition) is 1. The van der Waals surface area contributed by atoms with Gasteiger partial charge < -0.3 is 5.11 Å². The van der Waals surface area contributed by atoms with Gasteiger partial charge in [0.2, 0.25) is 0 Å². The molecule has 1 saturated heterocycles. The van der Waals surface area contributed by atoms with Gasteiger partial charge in [0.25, 0.3) is 0 Å². The van der Waals surface area contributed by atoms with Crippen LogP contribution in [0.1, 0.15) is 25.7 Å². The van der Waals surface area contributed by atoms with E-state index in [4.69, 9.17) is 0 Å². The summed E-state index contributed by atoms with van der Waals surface area (Å²) in [6.07, 6.45) is 2.27. The molecule has 0 aromatic carbocycles. The molecule has 5 heteroatoms. The molecule has 15 heavy (non-hydrogen) atoms. The Bertz CT molecular complexity index is 326. The van der Waals surface area contributed by atoms with Crippen LogP contribution in [0, 0.1) is 5.92 Å². The van der Waals surface area contributed by atoms with Crippen LogP contribution in [0.25, 0.3) is 0 Å². The highest BCUT2D eigenvalue weighted by atomic mass is 32.2. The summed E-state index contributed by atoms with van der Waals surface area (Å²) in [6, 6.07) is 0.341. The molecule has 0 radical (unpaired) electrons. The van der Waals surface area contributed by atoms with Crippen molar-refractivity contribution in [2.45, 2.75) is 32.4 Å². The standard InChI is InChI=1S/C10H17N3OS/c1-7(2)13-10(11-6-12-13)3-8-4-15-5-9(8)14/h6-9,14H,3-5H2,1-2H3. The Morgan fingerprint density at radius 3 is 3.00 bits per heavy atom. The molecular weight excluding hydrogens is 210 g/mol. The van der Waals surface area contributed by atoms with Crippen molar-refractivity contribution in [1.29, 1.82) is 0 Å². The Hall–Kier alpha value is -0.550. The first kappa shape index (κ1) is 11.0. The molecule has 2 rings (SSSR count). The van der Waals surface area contributed by atoms with Gasteiger partial charge in [-0.25, -0.2) is 9.67 Å². The van der Waals surface area contributed by atoms with Crippen molar-refractivity contribution in [1.82, 2.24) is 14.8 Å². The Labute approximate surface area is 94.1 Å². The van der Waals surface area contributed by atoms with Crippen molar-refractivity contribution in [2.24, 2.45) is 5.92 Å². The smallest absolute Gasteiger partial charge is 0.138 e. The van der Waals surface area contributed by atoms with Gasteiger partial charge in [-0.3, -0.25) is 0 Å². The second-order valence-corrected chi connectivity index (χ2v) is 5.36. The lowest BCUT2D eigenvalue weighted by molar-refractivity contribution is 0.147. The lowest BCUT2D eigenvalue weighted by Crippen LogP contribution is -2.22. The monoisotopic (exact) mass is 227 g/mol. The summed E-state index contributed by atoms with van der Waals surface area (Å²) in [7, 11) is 0. The van der Waals surface area contributed by atoms with Crippen LogP contribution in [0.15, 0.2) is 6.33 Å². The Morgan fingerprint density at radius 1 is 1.60 bits per heavy atom. The van der Waals surface area contributed by atoms with Crippen molar-refractivity contribution < 1.29 is 5.11 Å². The molecule has 84 valence electrons. The quantitative estimate of drug-likeness (QED) is 0.841. The molecule has 2 heterocycles. The summed E-state index contributed by atoms with van der Waals surface area (Å²) in [5, 5.41) is 13.9. The molecule has 1 aromatic rings. The second kappa shape index (κ2) is 4.53. The first-order valence-electron chi connectivity index (χ1n) is 5.32. The van der Waals surface area contributed by atoms with Crippen LogP contribution in [-0.4, -0.2) is 37.5 Å². The molecule has 0 amide bonds. The molecular formula is C10H17N3OS. The maximum atomic E-state index is 9.74. The highest BCUT2D eigenvalue weighted by Gasteiger charge is 2.27. The van der Waals surface area contributed by atoms with Crippen LogP contribution in [-0.2, 0) is 6.42 Å². The number of aliphatic hydroxyl groups is 1. The summed E-state index contributed by atoms with van der Waals surface area (Å²) in [6.45, 7) is 4.19. The highest BCUT2D eigenvalue weighted by Crippen LogP contribution is 2.27. The first-order valence-corrected chi connectivity index (χ1v) is 6.48. The highest BCUT2D eigenvalue weighted by molar-refractivity contribution is 7.99. The molecule has 2 atom stereocenters. The molecule has 1 N–H and O–H groups in total. The van der Waals surface area contributed by atoms with Crippen LogP contribution >= 0.6 is 11.8 Å². The number of rotatable bonds is 3. The fraction of sp³-hybridized carbons (Fsp3) is 0.800. The number of aliphatic hydroxyl groups excluding tert-OH is 1. The largest absolute Gasteiger partial charge is 0.392 e. The zero-order valence-corrected chi connectivity index (χ0v) is 9.94. The summed E-state index contributed by atoms with van der Waals surface area (Å²) in [5.74, 6) is 3.24. The van der Waals surface area contributed by atoms with Gasteiger partial charge in [0.05, 0.1) is 6.10 Å². The molecule has 0 spiro atoms. The van der Waals surface area contributed by atoms with Crippen LogP contribution in [0.5, 0.6) is 0 Å². The van der Waals surface area contributed by atoms with E-state index in [1.165, 1.54) is 0 Å². The molecule has 4 nitrogen and oxygen atoms in total. The average Bonchev–Trinajstić information content (AvgIpc) is 2.77. The van der Waals surface area contributed by atoms with E-state index < -0.39 is 0 Å². The lowest BCUT2D eigenvalue weighted by atomic mass is 10.0. The summed E-state index contributed by atoms with van der Waals surface area (Å²) in [4.78, 5) is 4.27. The molecule has 0 bridgehead atoms. The van der Waals surface area contributed by atoms with E-state index in [1.807, 2.05) is 16.4 Å². The minimum absolute atomic E-state index is 0.174. The zero-order chi connectivity index (χ0) is 10.8. The van der Waals surface area contributed by atoms with Gasteiger partial charge in [0.1, 0.15) is 12.2 Å². The third-order valence-corrected chi connectivity index (χ3v) is 3.99. The molecule has 1 fully saturated rings. The van der Waals surface area contributed by atoms with E-state index in [1.54, 1.807) is 6.33 Å². The van der Waals surface area contributed by atoms with Crippen LogP contribution < -0.4 is 0 Å². The molecule has 0 saturated carbocycles. The summed E-state index contributed by atoms with van der Waals surface area (Å²) < 4.78 is 1.94. The average molecular weight is 227 g/mol. The topological polar surface area (TPSA) is 50.9 Å². The fourth-order valence-corrected chi connectivity index (χ4v) is 3.16. The SMILES string of the molecule is CC(C)n1ncnc1CC1CSCC1O. The summed E-state index contributed by atoms with van der Waals surface area (Å²) in [5.41, 5.74) is 0. The van der Waals surface area contributed by atoms with E-state index in [9.17, 15) is 5.11 Å². The third-order valence-electron chi connectivity index (χ3n) is 2.75. The van der Waals surface area contributed by atoms with Crippen molar-refractivity contribution in [3.8, 4) is 0 Å². The van der Waals surface area contributed by atoms with Gasteiger partial charge in [0.15, 0.2) is 0 Å². The molecule has 1 aliphatic rings. The van der Waals surface area contributed by atoms with Gasteiger partial charge in [-0.05, 0) is 19.6 Å². The third kappa shape index (κ3) is 2.34. The van der Waals surface area contributed by atoms with Gasteiger partial charge in [-0.2, -0.15) is 16.9 Å². The van der Waals surface area contributed by atoms with Crippen LogP contribution in [0.2, 0.25) is 0 Å². The number of thioether (sulfide) groups is 1. The molecule has 1 aromatic heterocycles. The maximum absolute atomic E-state index is 9.74. The van der Waals surface area contributed by atoms with Crippen molar-refractivity contribution in [3.05, 3.63) is 12.2 Å². The van der Waals surface area contributed by atoms with E-state index in [0.29, 0.717) is 12.0 Å². The fourth-order valence-electron chi connectivity index (χ4n) is 1.87. The van der Waals surface area contributed by atoms with Gasteiger partial charge in [0, 0.05) is 24.1 Å². The number of nitrogens with zero attached hydrogens (tertiary/aromatic N) is 3. The minimum atomic E-state index is -0.174. The van der Waals surface area contributed by atoms with Gasteiger partial charge in [-0.15, -0.1) is 0 Å². The Kier molecular flexibility index (Phi) is 3.31. The predicted octanol–water partition coefficient (Wildman–Crippen LogP) is 1.13. The van der Waals surface area contributed by atoms with Crippen molar-refractivity contribution in [2.75, 3.05) is 11.5 Å². The predicted molar refractivity (Wildman–Crippen MR) is 60.9 cm³/mol. The molecule has 0 aliphatic carbocycles. The summed E-state index contributed by atoms with van der Waals surface area (Å²) >= 11 is 1.82. The molecule has 1 aliphatic heterocycles. The van der Waals surface area contributed by atoms with E-state index in [2.05, 4.69) is 23.9 Å². The van der Waals surface area contributed by atoms with Gasteiger partial charge in [-0.1, -0.05) is 0 Å². The Balaban J connectivity index is 2.06. The van der Waals surface area contributed by atoms with Crippen molar-refractivity contribution >= 4 is 11.8 Å². The first-order chi connectivity index (χ1) is 7.18. The van der Waals surface area contributed by atoms with Crippen molar-refractivity contribution in [3.63, 3.8) is 0 Å². The van der Waals surface area contributed by atoms with E-state index in [-0.39, 0.29) is 6.10 Å². The van der Waals surface area contributed by atoms with E-state index in [0.717, 1.165) is 23.8 Å². The molecule has 2 unspecified atom stereocenters. The van der Waals surface area contributed by atoms with Gasteiger partial charge >= 0.3 is 0 Å². The van der Waals surface area contributed by atoms with Crippen LogP contribution in [0.4, 0.5) is 0 Å². The second-order valence-electron chi connectivity index (χ2n) is 4.28. The number of hydrogen-bond acceptors (Lipinski definition) is 4. The maximum Gasteiger partial charge on any atom is 0.138 e. The lowest BCUT2D eigenvalue weighted by Gasteiger charge is -2.15. The zero-order valence-electron chi connectivity index (χ0n) is 9.13. The number of aromatic nitrogens is 3. The minimum Gasteiger partial charge on any atom is -0.392 e. The Morgan fingerprint density at radius 2 is 2.40 bits per heavy atom. The normalized spacial score (nSPS) is 26.4.